The molecule has 0 radical (unpaired) electrons. The molecule has 0 fully saturated rings. The fraction of sp³-hybridized carbons (Fsp3) is 0.190. The standard InChI is InChI=1S/C21H19FN6O2/c1-12(2)18-26-21(30-27-18)15-5-4-8-23-19(15)28-10-17(24-11-28)20(29)25-14-6-7-16(22)13(3)9-14/h4-12H,1-3H3,(H,25,29). The van der Waals surface area contributed by atoms with Gasteiger partial charge in [0.15, 0.2) is 11.6 Å². The van der Waals surface area contributed by atoms with Gasteiger partial charge in [0.1, 0.15) is 17.8 Å². The summed E-state index contributed by atoms with van der Waals surface area (Å²) in [5.74, 6) is 0.809. The van der Waals surface area contributed by atoms with Crippen molar-refractivity contribution in [3.63, 3.8) is 0 Å². The molecule has 3 heterocycles. The topological polar surface area (TPSA) is 98.7 Å². The van der Waals surface area contributed by atoms with E-state index < -0.39 is 5.91 Å². The van der Waals surface area contributed by atoms with Gasteiger partial charge in [-0.1, -0.05) is 19.0 Å². The molecule has 30 heavy (non-hydrogen) atoms. The molecule has 8 nitrogen and oxygen atoms in total. The molecule has 4 aromatic rings. The fourth-order valence-corrected chi connectivity index (χ4v) is 2.82. The number of nitrogens with one attached hydrogen (secondary N) is 1. The van der Waals surface area contributed by atoms with Gasteiger partial charge in [0.2, 0.25) is 0 Å². The zero-order chi connectivity index (χ0) is 21.3. The number of aryl methyl sites for hydroxylation is 1. The molecule has 0 aliphatic heterocycles. The Balaban J connectivity index is 1.61. The molecule has 1 amide bonds. The number of amides is 1. The first-order valence-corrected chi connectivity index (χ1v) is 9.33. The van der Waals surface area contributed by atoms with E-state index in [1.807, 2.05) is 13.8 Å². The lowest BCUT2D eigenvalue weighted by atomic mass is 10.2. The quantitative estimate of drug-likeness (QED) is 0.535. The molecule has 3 aromatic heterocycles. The number of nitrogens with zero attached hydrogens (tertiary/aromatic N) is 5. The number of carbonyl (C=O) groups is 1. The van der Waals surface area contributed by atoms with E-state index in [1.54, 1.807) is 42.1 Å². The van der Waals surface area contributed by atoms with Crippen LogP contribution in [0.5, 0.6) is 0 Å². The van der Waals surface area contributed by atoms with E-state index >= 15 is 0 Å². The second kappa shape index (κ2) is 7.86. The molecule has 0 aliphatic rings. The molecule has 1 aromatic carbocycles. The summed E-state index contributed by atoms with van der Waals surface area (Å²) in [5.41, 5.74) is 1.73. The van der Waals surface area contributed by atoms with Crippen molar-refractivity contribution in [2.24, 2.45) is 0 Å². The molecule has 0 atom stereocenters. The van der Waals surface area contributed by atoms with E-state index in [2.05, 4.69) is 25.4 Å². The molecule has 0 saturated heterocycles. The van der Waals surface area contributed by atoms with E-state index in [1.165, 1.54) is 18.5 Å². The van der Waals surface area contributed by atoms with E-state index in [-0.39, 0.29) is 17.4 Å². The average Bonchev–Trinajstić information content (AvgIpc) is 3.41. The largest absolute Gasteiger partial charge is 0.334 e. The van der Waals surface area contributed by atoms with Gasteiger partial charge in [0.25, 0.3) is 11.8 Å². The Bertz CT molecular complexity index is 1210. The number of imidazole rings is 1. The smallest absolute Gasteiger partial charge is 0.275 e. The van der Waals surface area contributed by atoms with Crippen LogP contribution in [0.3, 0.4) is 0 Å². The zero-order valence-corrected chi connectivity index (χ0v) is 16.6. The van der Waals surface area contributed by atoms with Crippen LogP contribution >= 0.6 is 0 Å². The van der Waals surface area contributed by atoms with Crippen molar-refractivity contribution < 1.29 is 13.7 Å². The molecule has 152 valence electrons. The van der Waals surface area contributed by atoms with Gasteiger partial charge in [-0.25, -0.2) is 14.4 Å². The van der Waals surface area contributed by atoms with Crippen molar-refractivity contribution in [2.75, 3.05) is 5.32 Å². The van der Waals surface area contributed by atoms with E-state index in [4.69, 9.17) is 4.52 Å². The van der Waals surface area contributed by atoms with Gasteiger partial charge in [0, 0.05) is 24.0 Å². The van der Waals surface area contributed by atoms with Crippen LogP contribution < -0.4 is 5.32 Å². The van der Waals surface area contributed by atoms with Crippen molar-refractivity contribution in [1.82, 2.24) is 24.7 Å². The maximum atomic E-state index is 13.4. The predicted molar refractivity (Wildman–Crippen MR) is 108 cm³/mol. The van der Waals surface area contributed by atoms with Gasteiger partial charge in [0.05, 0.1) is 5.56 Å². The highest BCUT2D eigenvalue weighted by Crippen LogP contribution is 2.25. The van der Waals surface area contributed by atoms with Crippen molar-refractivity contribution >= 4 is 11.6 Å². The molecular weight excluding hydrogens is 387 g/mol. The predicted octanol–water partition coefficient (Wildman–Crippen LogP) is 4.14. The van der Waals surface area contributed by atoms with Gasteiger partial charge >= 0.3 is 0 Å². The van der Waals surface area contributed by atoms with Crippen LogP contribution in [0, 0.1) is 12.7 Å². The van der Waals surface area contributed by atoms with Gasteiger partial charge in [-0.2, -0.15) is 4.98 Å². The van der Waals surface area contributed by atoms with Crippen LogP contribution in [0.1, 0.15) is 41.6 Å². The number of carbonyl (C=O) groups excluding carboxylic acids is 1. The maximum Gasteiger partial charge on any atom is 0.275 e. The van der Waals surface area contributed by atoms with Gasteiger partial charge in [-0.15, -0.1) is 0 Å². The Labute approximate surface area is 171 Å². The molecular formula is C21H19FN6O2. The first kappa shape index (κ1) is 19.4. The van der Waals surface area contributed by atoms with E-state index in [9.17, 15) is 9.18 Å². The highest BCUT2D eigenvalue weighted by Gasteiger charge is 2.18. The molecule has 0 aliphatic carbocycles. The minimum absolute atomic E-state index is 0.126. The van der Waals surface area contributed by atoms with Crippen molar-refractivity contribution in [2.45, 2.75) is 26.7 Å². The summed E-state index contributed by atoms with van der Waals surface area (Å²) in [4.78, 5) is 25.5. The van der Waals surface area contributed by atoms with Crippen molar-refractivity contribution in [3.05, 3.63) is 72.0 Å². The summed E-state index contributed by atoms with van der Waals surface area (Å²) in [5, 5.41) is 6.70. The molecule has 0 bridgehead atoms. The van der Waals surface area contributed by atoms with Gasteiger partial charge in [-0.05, 0) is 42.8 Å². The number of hydrogen-bond donors (Lipinski definition) is 1. The number of benzene rings is 1. The summed E-state index contributed by atoms with van der Waals surface area (Å²) in [6, 6.07) is 7.93. The number of halogens is 1. The Morgan fingerprint density at radius 3 is 2.80 bits per heavy atom. The van der Waals surface area contributed by atoms with Gasteiger partial charge in [-0.3, -0.25) is 9.36 Å². The number of hydrogen-bond acceptors (Lipinski definition) is 6. The lowest BCUT2D eigenvalue weighted by Gasteiger charge is -2.06. The SMILES string of the molecule is Cc1cc(NC(=O)c2cn(-c3ncccc3-c3nc(C(C)C)no3)cn2)ccc1F. The van der Waals surface area contributed by atoms with Crippen LogP contribution in [-0.2, 0) is 0 Å². The Hall–Kier alpha value is -3.88. The van der Waals surface area contributed by atoms with Crippen LogP contribution in [0.25, 0.3) is 17.3 Å². The first-order valence-electron chi connectivity index (χ1n) is 9.33. The third-order valence-electron chi connectivity index (χ3n) is 4.45. The van der Waals surface area contributed by atoms with Crippen molar-refractivity contribution in [3.8, 4) is 17.3 Å². The van der Waals surface area contributed by atoms with Gasteiger partial charge < -0.3 is 9.84 Å². The Morgan fingerprint density at radius 2 is 2.07 bits per heavy atom. The van der Waals surface area contributed by atoms with Crippen LogP contribution in [0.4, 0.5) is 10.1 Å². The number of rotatable bonds is 5. The summed E-state index contributed by atoms with van der Waals surface area (Å²) in [6.07, 6.45) is 4.66. The third kappa shape index (κ3) is 3.82. The molecule has 1 N–H and O–H groups in total. The summed E-state index contributed by atoms with van der Waals surface area (Å²) < 4.78 is 20.4. The molecule has 0 saturated carbocycles. The molecule has 9 heteroatoms. The van der Waals surface area contributed by atoms with Crippen LogP contribution in [0.2, 0.25) is 0 Å². The van der Waals surface area contributed by atoms with Crippen molar-refractivity contribution in [1.29, 1.82) is 0 Å². The number of anilines is 1. The second-order valence-corrected chi connectivity index (χ2v) is 7.07. The average molecular weight is 406 g/mol. The minimum Gasteiger partial charge on any atom is -0.334 e. The third-order valence-corrected chi connectivity index (χ3v) is 4.45. The summed E-state index contributed by atoms with van der Waals surface area (Å²) in [6.45, 7) is 5.58. The van der Waals surface area contributed by atoms with E-state index in [0.717, 1.165) is 0 Å². The fourth-order valence-electron chi connectivity index (χ4n) is 2.82. The molecule has 4 rings (SSSR count). The second-order valence-electron chi connectivity index (χ2n) is 7.07. The summed E-state index contributed by atoms with van der Waals surface area (Å²) in [7, 11) is 0. The maximum absolute atomic E-state index is 13.4. The molecule has 0 spiro atoms. The molecule has 0 unspecified atom stereocenters. The summed E-state index contributed by atoms with van der Waals surface area (Å²) >= 11 is 0. The Kier molecular flexibility index (Phi) is 5.09. The monoisotopic (exact) mass is 406 g/mol. The first-order chi connectivity index (χ1) is 14.4. The highest BCUT2D eigenvalue weighted by atomic mass is 19.1. The lowest BCUT2D eigenvalue weighted by molar-refractivity contribution is 0.102. The minimum atomic E-state index is -0.419. The number of aromatic nitrogens is 5. The van der Waals surface area contributed by atoms with Crippen LogP contribution in [-0.4, -0.2) is 30.6 Å². The van der Waals surface area contributed by atoms with E-state index in [0.29, 0.717) is 34.3 Å². The lowest BCUT2D eigenvalue weighted by Crippen LogP contribution is -2.12. The Morgan fingerprint density at radius 1 is 1.23 bits per heavy atom. The van der Waals surface area contributed by atoms with Crippen LogP contribution in [0.15, 0.2) is 53.6 Å². The normalized spacial score (nSPS) is 11.1. The number of pyridine rings is 1. The highest BCUT2D eigenvalue weighted by molar-refractivity contribution is 6.02. The zero-order valence-electron chi connectivity index (χ0n) is 16.6.